The van der Waals surface area contributed by atoms with Crippen molar-refractivity contribution in [2.45, 2.75) is 31.7 Å². The molecule has 0 saturated heterocycles. The highest BCUT2D eigenvalue weighted by Crippen LogP contribution is 2.29. The van der Waals surface area contributed by atoms with Crippen LogP contribution in [-0.2, 0) is 0 Å². The predicted octanol–water partition coefficient (Wildman–Crippen LogP) is 3.00. The molecule has 0 amide bonds. The molecular formula is C14H16N2OS. The van der Waals surface area contributed by atoms with Crippen molar-refractivity contribution in [1.82, 2.24) is 4.98 Å². The van der Waals surface area contributed by atoms with Gasteiger partial charge in [0.15, 0.2) is 10.8 Å². The fourth-order valence-corrected chi connectivity index (χ4v) is 3.52. The molecule has 1 fully saturated rings. The lowest BCUT2D eigenvalue weighted by Crippen LogP contribution is -2.29. The Labute approximate surface area is 110 Å². The van der Waals surface area contributed by atoms with Gasteiger partial charge in [-0.2, -0.15) is 0 Å². The fraction of sp³-hybridized carbons (Fsp3) is 0.429. The molecule has 0 atom stereocenters. The van der Waals surface area contributed by atoms with Crippen molar-refractivity contribution in [3.8, 4) is 0 Å². The van der Waals surface area contributed by atoms with Gasteiger partial charge in [0, 0.05) is 12.0 Å². The molecule has 0 unspecified atom stereocenters. The number of carbonyl (C=O) groups excluding carboxylic acids is 1. The van der Waals surface area contributed by atoms with Crippen LogP contribution < -0.4 is 5.73 Å². The number of fused-ring (bicyclic) bond motifs is 1. The molecule has 0 radical (unpaired) electrons. The third kappa shape index (κ3) is 2.18. The van der Waals surface area contributed by atoms with E-state index < -0.39 is 0 Å². The maximum absolute atomic E-state index is 12.4. The largest absolute Gasteiger partial charge is 0.328 e. The van der Waals surface area contributed by atoms with Crippen molar-refractivity contribution < 1.29 is 4.79 Å². The molecular weight excluding hydrogens is 244 g/mol. The summed E-state index contributed by atoms with van der Waals surface area (Å²) >= 11 is 1.51. The zero-order valence-electron chi connectivity index (χ0n) is 10.1. The number of carbonyl (C=O) groups is 1. The lowest BCUT2D eigenvalue weighted by atomic mass is 9.84. The number of hydrogen-bond acceptors (Lipinski definition) is 4. The normalized spacial score (nSPS) is 24.3. The molecule has 4 heteroatoms. The van der Waals surface area contributed by atoms with Gasteiger partial charge in [0.1, 0.15) is 0 Å². The summed E-state index contributed by atoms with van der Waals surface area (Å²) in [6.45, 7) is 0. The topological polar surface area (TPSA) is 56.0 Å². The van der Waals surface area contributed by atoms with Crippen LogP contribution in [0.5, 0.6) is 0 Å². The van der Waals surface area contributed by atoms with E-state index in [1.54, 1.807) is 0 Å². The number of rotatable bonds is 2. The molecule has 2 N–H and O–H groups in total. The van der Waals surface area contributed by atoms with Gasteiger partial charge in [0.2, 0.25) is 0 Å². The maximum atomic E-state index is 12.4. The standard InChI is InChI=1S/C14H16N2OS/c15-10-7-5-9(6-8-10)13(17)14-16-11-3-1-2-4-12(11)18-14/h1-4,9-10H,5-8,15H2/t9-,10-. The summed E-state index contributed by atoms with van der Waals surface area (Å²) in [5.74, 6) is 0.341. The fourth-order valence-electron chi connectivity index (χ4n) is 2.53. The number of aromatic nitrogens is 1. The monoisotopic (exact) mass is 260 g/mol. The van der Waals surface area contributed by atoms with Crippen molar-refractivity contribution in [1.29, 1.82) is 0 Å². The molecule has 3 rings (SSSR count). The molecule has 1 aliphatic carbocycles. The van der Waals surface area contributed by atoms with Gasteiger partial charge in [-0.25, -0.2) is 4.98 Å². The number of Topliss-reactive ketones (excluding diaryl/α,β-unsaturated/α-hetero) is 1. The number of para-hydroxylation sites is 1. The van der Waals surface area contributed by atoms with E-state index in [2.05, 4.69) is 4.98 Å². The molecule has 1 aromatic heterocycles. The summed E-state index contributed by atoms with van der Waals surface area (Å²) in [4.78, 5) is 16.8. The predicted molar refractivity (Wildman–Crippen MR) is 73.9 cm³/mol. The van der Waals surface area contributed by atoms with E-state index >= 15 is 0 Å². The van der Waals surface area contributed by atoms with Gasteiger partial charge in [-0.05, 0) is 37.8 Å². The first-order chi connectivity index (χ1) is 8.74. The van der Waals surface area contributed by atoms with Crippen LogP contribution in [0.2, 0.25) is 0 Å². The number of thiazole rings is 1. The average Bonchev–Trinajstić information content (AvgIpc) is 2.82. The quantitative estimate of drug-likeness (QED) is 0.844. The number of benzene rings is 1. The van der Waals surface area contributed by atoms with Gasteiger partial charge in [-0.3, -0.25) is 4.79 Å². The zero-order chi connectivity index (χ0) is 12.5. The van der Waals surface area contributed by atoms with Crippen LogP contribution in [0.15, 0.2) is 24.3 Å². The Kier molecular flexibility index (Phi) is 3.14. The second kappa shape index (κ2) is 4.78. The van der Waals surface area contributed by atoms with E-state index in [-0.39, 0.29) is 17.7 Å². The van der Waals surface area contributed by atoms with E-state index in [1.165, 1.54) is 11.3 Å². The molecule has 18 heavy (non-hydrogen) atoms. The van der Waals surface area contributed by atoms with Crippen LogP contribution in [0.1, 0.15) is 35.5 Å². The minimum atomic E-state index is 0.130. The Hall–Kier alpha value is -1.26. The molecule has 1 aliphatic rings. The van der Waals surface area contributed by atoms with Crippen LogP contribution in [-0.4, -0.2) is 16.8 Å². The van der Waals surface area contributed by atoms with Crippen molar-refractivity contribution in [2.75, 3.05) is 0 Å². The summed E-state index contributed by atoms with van der Waals surface area (Å²) in [5, 5.41) is 0.664. The molecule has 3 nitrogen and oxygen atoms in total. The summed E-state index contributed by atoms with van der Waals surface area (Å²) in [7, 11) is 0. The van der Waals surface area contributed by atoms with Crippen molar-refractivity contribution >= 4 is 27.3 Å². The minimum absolute atomic E-state index is 0.130. The van der Waals surface area contributed by atoms with Crippen molar-refractivity contribution in [2.24, 2.45) is 11.7 Å². The molecule has 1 heterocycles. The molecule has 0 aliphatic heterocycles. The van der Waals surface area contributed by atoms with Gasteiger partial charge in [-0.1, -0.05) is 12.1 Å². The Morgan fingerprint density at radius 2 is 1.94 bits per heavy atom. The first-order valence-corrected chi connectivity index (χ1v) is 7.21. The van der Waals surface area contributed by atoms with Gasteiger partial charge >= 0.3 is 0 Å². The molecule has 94 valence electrons. The second-order valence-electron chi connectivity index (χ2n) is 4.96. The summed E-state index contributed by atoms with van der Waals surface area (Å²) < 4.78 is 1.09. The van der Waals surface area contributed by atoms with Crippen LogP contribution in [0, 0.1) is 5.92 Å². The van der Waals surface area contributed by atoms with Crippen LogP contribution in [0.3, 0.4) is 0 Å². The van der Waals surface area contributed by atoms with Gasteiger partial charge in [0.25, 0.3) is 0 Å². The Bertz CT molecular complexity index is 537. The Balaban J connectivity index is 1.83. The van der Waals surface area contributed by atoms with Crippen molar-refractivity contribution in [3.05, 3.63) is 29.3 Å². The zero-order valence-corrected chi connectivity index (χ0v) is 11.0. The second-order valence-corrected chi connectivity index (χ2v) is 5.99. The van der Waals surface area contributed by atoms with E-state index in [0.717, 1.165) is 35.9 Å². The first-order valence-electron chi connectivity index (χ1n) is 6.39. The highest BCUT2D eigenvalue weighted by Gasteiger charge is 2.27. The number of ketones is 1. The average molecular weight is 260 g/mol. The highest BCUT2D eigenvalue weighted by molar-refractivity contribution is 7.20. The highest BCUT2D eigenvalue weighted by atomic mass is 32.1. The Morgan fingerprint density at radius 3 is 2.67 bits per heavy atom. The number of nitrogens with zero attached hydrogens (tertiary/aromatic N) is 1. The molecule has 0 spiro atoms. The van der Waals surface area contributed by atoms with Gasteiger partial charge < -0.3 is 5.73 Å². The van der Waals surface area contributed by atoms with E-state index in [4.69, 9.17) is 5.73 Å². The van der Waals surface area contributed by atoms with Crippen LogP contribution in [0.25, 0.3) is 10.2 Å². The number of hydrogen-bond donors (Lipinski definition) is 1. The third-order valence-electron chi connectivity index (χ3n) is 3.65. The van der Waals surface area contributed by atoms with E-state index in [0.29, 0.717) is 5.01 Å². The van der Waals surface area contributed by atoms with Crippen molar-refractivity contribution in [3.63, 3.8) is 0 Å². The molecule has 1 aromatic carbocycles. The third-order valence-corrected chi connectivity index (χ3v) is 4.70. The SMILES string of the molecule is N[C@H]1CC[C@H](C(=O)c2nc3ccccc3s2)CC1. The van der Waals surface area contributed by atoms with Crippen LogP contribution in [0.4, 0.5) is 0 Å². The number of nitrogens with two attached hydrogens (primary N) is 1. The molecule has 2 aromatic rings. The summed E-state index contributed by atoms with van der Waals surface area (Å²) in [6, 6.07) is 8.19. The summed E-state index contributed by atoms with van der Waals surface area (Å²) in [5.41, 5.74) is 6.80. The Morgan fingerprint density at radius 1 is 1.22 bits per heavy atom. The van der Waals surface area contributed by atoms with Crippen LogP contribution >= 0.6 is 11.3 Å². The molecule has 0 bridgehead atoms. The first kappa shape index (κ1) is 11.8. The van der Waals surface area contributed by atoms with E-state index in [9.17, 15) is 4.79 Å². The molecule has 1 saturated carbocycles. The summed E-state index contributed by atoms with van der Waals surface area (Å²) in [6.07, 6.45) is 3.74. The lowest BCUT2D eigenvalue weighted by molar-refractivity contribution is 0.0884. The van der Waals surface area contributed by atoms with Gasteiger partial charge in [-0.15, -0.1) is 11.3 Å². The maximum Gasteiger partial charge on any atom is 0.194 e. The lowest BCUT2D eigenvalue weighted by Gasteiger charge is -2.24. The van der Waals surface area contributed by atoms with E-state index in [1.807, 2.05) is 24.3 Å². The van der Waals surface area contributed by atoms with Gasteiger partial charge in [0.05, 0.1) is 10.2 Å². The smallest absolute Gasteiger partial charge is 0.194 e. The minimum Gasteiger partial charge on any atom is -0.328 e.